The monoisotopic (exact) mass is 503 g/mol. The molecule has 8 heteroatoms. The van der Waals surface area contributed by atoms with Crippen molar-refractivity contribution in [3.8, 4) is 0 Å². The van der Waals surface area contributed by atoms with Gasteiger partial charge in [-0.25, -0.2) is 0 Å². The zero-order valence-electron chi connectivity index (χ0n) is 20.2. The summed E-state index contributed by atoms with van der Waals surface area (Å²) in [5.74, 6) is -0.481. The van der Waals surface area contributed by atoms with E-state index in [1.807, 2.05) is 66.9 Å². The highest BCUT2D eigenvalue weighted by molar-refractivity contribution is 7.12. The third-order valence-electron chi connectivity index (χ3n) is 6.95. The first-order valence-corrected chi connectivity index (χ1v) is 13.0. The topological polar surface area (TPSA) is 79.0 Å². The molecule has 3 aromatic rings. The van der Waals surface area contributed by atoms with Crippen LogP contribution in [0.1, 0.15) is 44.0 Å². The van der Waals surface area contributed by atoms with Gasteiger partial charge in [-0.05, 0) is 36.1 Å². The van der Waals surface area contributed by atoms with Gasteiger partial charge in [0, 0.05) is 38.0 Å². The second-order valence-corrected chi connectivity index (χ2v) is 10.2. The molecule has 2 fully saturated rings. The Morgan fingerprint density at radius 3 is 2.36 bits per heavy atom. The van der Waals surface area contributed by atoms with E-state index in [0.29, 0.717) is 42.9 Å². The molecule has 3 heterocycles. The van der Waals surface area contributed by atoms with Gasteiger partial charge in [0.15, 0.2) is 0 Å². The quantitative estimate of drug-likeness (QED) is 0.574. The van der Waals surface area contributed by atoms with Gasteiger partial charge in [-0.1, -0.05) is 54.1 Å². The van der Waals surface area contributed by atoms with Crippen LogP contribution in [0.2, 0.25) is 0 Å². The number of benzene rings is 2. The number of carbonyl (C=O) groups excluding carboxylic acids is 3. The molecule has 3 amide bonds. The van der Waals surface area contributed by atoms with Crippen molar-refractivity contribution in [2.45, 2.75) is 38.1 Å². The molecule has 5 rings (SSSR count). The molecule has 36 heavy (non-hydrogen) atoms. The second kappa shape index (κ2) is 10.2. The van der Waals surface area contributed by atoms with Gasteiger partial charge in [-0.2, -0.15) is 0 Å². The largest absolute Gasteiger partial charge is 0.353 e. The molecule has 2 saturated heterocycles. The smallest absolute Gasteiger partial charge is 0.263 e. The van der Waals surface area contributed by atoms with E-state index in [4.69, 9.17) is 4.74 Å². The van der Waals surface area contributed by atoms with E-state index in [9.17, 15) is 14.4 Å². The van der Waals surface area contributed by atoms with Crippen molar-refractivity contribution >= 4 is 29.1 Å². The number of nitrogens with zero attached hydrogens (tertiary/aromatic N) is 2. The van der Waals surface area contributed by atoms with Gasteiger partial charge in [0.05, 0.1) is 11.5 Å². The van der Waals surface area contributed by atoms with Crippen molar-refractivity contribution in [2.75, 3.05) is 19.7 Å². The number of rotatable bonds is 5. The second-order valence-electron chi connectivity index (χ2n) is 9.29. The molecule has 1 spiro atoms. The molecular weight excluding hydrogens is 474 g/mol. The van der Waals surface area contributed by atoms with E-state index in [-0.39, 0.29) is 24.3 Å². The highest BCUT2D eigenvalue weighted by Crippen LogP contribution is 2.39. The lowest BCUT2D eigenvalue weighted by molar-refractivity contribution is -0.128. The van der Waals surface area contributed by atoms with Crippen LogP contribution in [0.3, 0.4) is 0 Å². The third-order valence-corrected chi connectivity index (χ3v) is 7.81. The van der Waals surface area contributed by atoms with Gasteiger partial charge in [0.1, 0.15) is 11.8 Å². The number of hydrogen-bond donors (Lipinski definition) is 1. The number of amides is 3. The van der Waals surface area contributed by atoms with E-state index < -0.39 is 11.8 Å². The van der Waals surface area contributed by atoms with E-state index in [1.54, 1.807) is 21.9 Å². The number of thiophene rings is 1. The predicted octanol–water partition coefficient (Wildman–Crippen LogP) is 3.85. The number of likely N-dealkylation sites (tertiary alicyclic amines) is 1. The number of ether oxygens (including phenoxy) is 1. The van der Waals surface area contributed by atoms with Gasteiger partial charge in [-0.3, -0.25) is 19.3 Å². The number of piperidine rings is 1. The molecule has 2 aliphatic rings. The zero-order valence-corrected chi connectivity index (χ0v) is 21.0. The first-order chi connectivity index (χ1) is 17.5. The SMILES string of the molecule is Cc1ccc(C(=O)N2[C@H](C(=O)NCc3ccccc3)COC23CCN(C(=O)c2cccs2)CC3)cc1. The fraction of sp³-hybridized carbons (Fsp3) is 0.321. The summed E-state index contributed by atoms with van der Waals surface area (Å²) in [6.45, 7) is 3.37. The van der Waals surface area contributed by atoms with Gasteiger partial charge in [0.25, 0.3) is 11.8 Å². The predicted molar refractivity (Wildman–Crippen MR) is 138 cm³/mol. The van der Waals surface area contributed by atoms with Crippen LogP contribution < -0.4 is 5.32 Å². The molecule has 0 unspecified atom stereocenters. The van der Waals surface area contributed by atoms with Crippen molar-refractivity contribution in [3.63, 3.8) is 0 Å². The van der Waals surface area contributed by atoms with Crippen molar-refractivity contribution in [1.29, 1.82) is 0 Å². The van der Waals surface area contributed by atoms with Gasteiger partial charge in [0.2, 0.25) is 5.91 Å². The molecule has 1 atom stereocenters. The fourth-order valence-electron chi connectivity index (χ4n) is 4.92. The van der Waals surface area contributed by atoms with Crippen LogP contribution >= 0.6 is 11.3 Å². The average molecular weight is 504 g/mol. The first kappa shape index (κ1) is 24.2. The Kier molecular flexibility index (Phi) is 6.89. The summed E-state index contributed by atoms with van der Waals surface area (Å²) >= 11 is 1.42. The Morgan fingerprint density at radius 2 is 1.69 bits per heavy atom. The third kappa shape index (κ3) is 4.79. The lowest BCUT2D eigenvalue weighted by atomic mass is 9.96. The van der Waals surface area contributed by atoms with E-state index >= 15 is 0 Å². The Bertz CT molecular complexity index is 1220. The molecule has 0 radical (unpaired) electrons. The summed E-state index contributed by atoms with van der Waals surface area (Å²) in [4.78, 5) is 44.1. The molecule has 186 valence electrons. The lowest BCUT2D eigenvalue weighted by Gasteiger charge is -2.44. The number of carbonyl (C=O) groups is 3. The average Bonchev–Trinajstić information content (AvgIpc) is 3.57. The summed E-state index contributed by atoms with van der Waals surface area (Å²) in [5, 5.41) is 4.87. The zero-order chi connectivity index (χ0) is 25.1. The Hall–Kier alpha value is -3.49. The van der Waals surface area contributed by atoms with Crippen LogP contribution in [0.15, 0.2) is 72.1 Å². The minimum absolute atomic E-state index is 0.00795. The highest BCUT2D eigenvalue weighted by atomic mass is 32.1. The van der Waals surface area contributed by atoms with Crippen LogP contribution in [-0.4, -0.2) is 59.0 Å². The van der Waals surface area contributed by atoms with Gasteiger partial charge < -0.3 is 15.0 Å². The maximum atomic E-state index is 13.8. The van der Waals surface area contributed by atoms with Crippen molar-refractivity contribution < 1.29 is 19.1 Å². The fourth-order valence-corrected chi connectivity index (χ4v) is 5.61. The molecule has 7 nitrogen and oxygen atoms in total. The Morgan fingerprint density at radius 1 is 0.972 bits per heavy atom. The van der Waals surface area contributed by atoms with Gasteiger partial charge >= 0.3 is 0 Å². The van der Waals surface area contributed by atoms with E-state index in [1.165, 1.54) is 11.3 Å². The number of nitrogens with one attached hydrogen (secondary N) is 1. The summed E-state index contributed by atoms with van der Waals surface area (Å²) < 4.78 is 6.27. The van der Waals surface area contributed by atoms with Crippen molar-refractivity contribution in [2.24, 2.45) is 0 Å². The first-order valence-electron chi connectivity index (χ1n) is 12.2. The van der Waals surface area contributed by atoms with E-state index in [2.05, 4.69) is 5.32 Å². The Labute approximate surface area is 214 Å². The molecule has 2 aromatic carbocycles. The van der Waals surface area contributed by atoms with Crippen molar-refractivity contribution in [1.82, 2.24) is 15.1 Å². The Balaban J connectivity index is 1.36. The molecule has 1 aromatic heterocycles. The summed E-state index contributed by atoms with van der Waals surface area (Å²) in [6.07, 6.45) is 0.897. The van der Waals surface area contributed by atoms with Crippen LogP contribution in [0.5, 0.6) is 0 Å². The lowest BCUT2D eigenvalue weighted by Crippen LogP contribution is -2.59. The number of hydrogen-bond acceptors (Lipinski definition) is 5. The van der Waals surface area contributed by atoms with Crippen LogP contribution in [0.4, 0.5) is 0 Å². The summed E-state index contributed by atoms with van der Waals surface area (Å²) in [5.41, 5.74) is 1.62. The number of aryl methyl sites for hydroxylation is 1. The maximum absolute atomic E-state index is 13.8. The highest BCUT2D eigenvalue weighted by Gasteiger charge is 2.54. The molecule has 0 saturated carbocycles. The molecule has 2 aliphatic heterocycles. The minimum Gasteiger partial charge on any atom is -0.353 e. The van der Waals surface area contributed by atoms with Crippen LogP contribution in [0.25, 0.3) is 0 Å². The standard InChI is InChI=1S/C28H29N3O4S/c1-20-9-11-22(12-10-20)26(33)31-23(25(32)29-18-21-6-3-2-4-7-21)19-35-28(31)13-15-30(16-14-28)27(34)24-8-5-17-36-24/h2-12,17,23H,13-16,18-19H2,1H3,(H,29,32)/t23-/m0/s1. The normalized spacial score (nSPS) is 18.9. The minimum atomic E-state index is -0.928. The van der Waals surface area contributed by atoms with Crippen LogP contribution in [0, 0.1) is 6.92 Å². The van der Waals surface area contributed by atoms with Crippen molar-refractivity contribution in [3.05, 3.63) is 93.7 Å². The summed E-state index contributed by atoms with van der Waals surface area (Å²) in [6, 6.07) is 20.0. The maximum Gasteiger partial charge on any atom is 0.263 e. The van der Waals surface area contributed by atoms with Crippen LogP contribution in [-0.2, 0) is 16.1 Å². The summed E-state index contributed by atoms with van der Waals surface area (Å²) in [7, 11) is 0. The molecular formula is C28H29N3O4S. The van der Waals surface area contributed by atoms with Gasteiger partial charge in [-0.15, -0.1) is 11.3 Å². The molecule has 1 N–H and O–H groups in total. The van der Waals surface area contributed by atoms with E-state index in [0.717, 1.165) is 11.1 Å². The molecule has 0 aliphatic carbocycles. The molecule has 0 bridgehead atoms.